The van der Waals surface area contributed by atoms with E-state index in [2.05, 4.69) is 29.4 Å². The molecule has 1 saturated heterocycles. The summed E-state index contributed by atoms with van der Waals surface area (Å²) in [4.78, 5) is 22.7. The first-order valence-corrected chi connectivity index (χ1v) is 7.29. The number of aliphatic carboxylic acids is 1. The highest BCUT2D eigenvalue weighted by atomic mass is 32.1. The summed E-state index contributed by atoms with van der Waals surface area (Å²) < 4.78 is 5.17. The molecule has 8 heteroatoms. The van der Waals surface area contributed by atoms with Crippen LogP contribution in [0.25, 0.3) is 0 Å². The van der Waals surface area contributed by atoms with Gasteiger partial charge in [0.2, 0.25) is 5.13 Å². The largest absolute Gasteiger partial charge is 0.479 e. The number of carboxylic acids is 1. The summed E-state index contributed by atoms with van der Waals surface area (Å²) in [6.45, 7) is 4.16. The zero-order valence-electron chi connectivity index (χ0n) is 11.3. The van der Waals surface area contributed by atoms with E-state index in [0.717, 1.165) is 11.4 Å². The molecule has 2 atom stereocenters. The fraction of sp³-hybridized carbons (Fsp3) is 0.667. The minimum Gasteiger partial charge on any atom is -0.479 e. The lowest BCUT2D eigenvalue weighted by molar-refractivity contribution is -0.150. The maximum Gasteiger partial charge on any atom is 0.332 e. The second-order valence-electron chi connectivity index (χ2n) is 5.12. The minimum absolute atomic E-state index is 0.349. The Balaban J connectivity index is 1.88. The van der Waals surface area contributed by atoms with Crippen LogP contribution >= 0.6 is 11.3 Å². The fourth-order valence-corrected chi connectivity index (χ4v) is 2.89. The van der Waals surface area contributed by atoms with E-state index in [4.69, 9.17) is 9.84 Å². The molecule has 1 aliphatic rings. The summed E-state index contributed by atoms with van der Waals surface area (Å²) in [6.07, 6.45) is -0.0536. The molecular weight excluding hydrogens is 282 g/mol. The molecule has 1 aromatic heterocycles. The Morgan fingerprint density at radius 2 is 2.10 bits per heavy atom. The minimum atomic E-state index is -1.03. The van der Waals surface area contributed by atoms with Gasteiger partial charge in [-0.3, -0.25) is 10.1 Å². The van der Waals surface area contributed by atoms with Crippen LogP contribution in [0.15, 0.2) is 0 Å². The number of ether oxygens (including phenoxy) is 1. The third kappa shape index (κ3) is 3.73. The highest BCUT2D eigenvalue weighted by Gasteiger charge is 2.35. The van der Waals surface area contributed by atoms with Gasteiger partial charge in [-0.15, -0.1) is 10.2 Å². The summed E-state index contributed by atoms with van der Waals surface area (Å²) >= 11 is 1.33. The number of amides is 1. The number of nitrogens with zero attached hydrogens (tertiary/aromatic N) is 2. The molecule has 0 saturated carbocycles. The Hall–Kier alpha value is -1.54. The molecular formula is C12H17N3O4S. The van der Waals surface area contributed by atoms with Crippen molar-refractivity contribution in [3.8, 4) is 0 Å². The van der Waals surface area contributed by atoms with Gasteiger partial charge in [0, 0.05) is 6.42 Å². The molecule has 0 unspecified atom stereocenters. The van der Waals surface area contributed by atoms with Crippen molar-refractivity contribution in [3.63, 3.8) is 0 Å². The van der Waals surface area contributed by atoms with Crippen LogP contribution in [0.4, 0.5) is 5.13 Å². The quantitative estimate of drug-likeness (QED) is 0.850. The Kier molecular flexibility index (Phi) is 4.66. The van der Waals surface area contributed by atoms with Crippen molar-refractivity contribution in [2.45, 2.75) is 45.3 Å². The fourth-order valence-electron chi connectivity index (χ4n) is 1.93. The molecule has 2 rings (SSSR count). The monoisotopic (exact) mass is 299 g/mol. The number of carbonyl (C=O) groups excluding carboxylic acids is 1. The van der Waals surface area contributed by atoms with Crippen LogP contribution in [0, 0.1) is 5.92 Å². The number of anilines is 1. The van der Waals surface area contributed by atoms with Crippen molar-refractivity contribution in [1.82, 2.24) is 10.2 Å². The first kappa shape index (κ1) is 14.9. The van der Waals surface area contributed by atoms with Crippen LogP contribution < -0.4 is 5.32 Å². The molecule has 0 radical (unpaired) electrons. The second-order valence-corrected chi connectivity index (χ2v) is 6.18. The predicted octanol–water partition coefficient (Wildman–Crippen LogP) is 1.31. The Bertz CT molecular complexity index is 503. The van der Waals surface area contributed by atoms with Gasteiger partial charge in [0.25, 0.3) is 5.91 Å². The van der Waals surface area contributed by atoms with Crippen LogP contribution in [0.2, 0.25) is 0 Å². The molecule has 1 aliphatic heterocycles. The number of carbonyl (C=O) groups is 2. The highest BCUT2D eigenvalue weighted by Crippen LogP contribution is 2.23. The summed E-state index contributed by atoms with van der Waals surface area (Å²) in [6, 6.07) is 0. The predicted molar refractivity (Wildman–Crippen MR) is 72.6 cm³/mol. The number of rotatable bonds is 5. The molecule has 20 heavy (non-hydrogen) atoms. The van der Waals surface area contributed by atoms with Gasteiger partial charge in [-0.2, -0.15) is 0 Å². The lowest BCUT2D eigenvalue weighted by Crippen LogP contribution is -2.29. The number of carboxylic acid groups (broad SMARTS) is 1. The highest BCUT2D eigenvalue weighted by molar-refractivity contribution is 7.15. The number of hydrogen-bond donors (Lipinski definition) is 2. The van der Waals surface area contributed by atoms with Crippen LogP contribution in [-0.4, -0.2) is 39.4 Å². The van der Waals surface area contributed by atoms with Gasteiger partial charge in [-0.1, -0.05) is 25.2 Å². The van der Waals surface area contributed by atoms with Gasteiger partial charge < -0.3 is 9.84 Å². The Morgan fingerprint density at radius 3 is 2.70 bits per heavy atom. The van der Waals surface area contributed by atoms with E-state index in [9.17, 15) is 9.59 Å². The van der Waals surface area contributed by atoms with Gasteiger partial charge in [-0.25, -0.2) is 4.79 Å². The van der Waals surface area contributed by atoms with E-state index < -0.39 is 18.2 Å². The first-order chi connectivity index (χ1) is 9.45. The second kappa shape index (κ2) is 6.27. The van der Waals surface area contributed by atoms with Gasteiger partial charge in [0.05, 0.1) is 0 Å². The van der Waals surface area contributed by atoms with Crippen molar-refractivity contribution in [1.29, 1.82) is 0 Å². The van der Waals surface area contributed by atoms with Gasteiger partial charge >= 0.3 is 5.97 Å². The third-order valence-electron chi connectivity index (χ3n) is 2.87. The first-order valence-electron chi connectivity index (χ1n) is 6.47. The van der Waals surface area contributed by atoms with Crippen LogP contribution in [-0.2, 0) is 20.7 Å². The van der Waals surface area contributed by atoms with E-state index >= 15 is 0 Å². The number of aromatic nitrogens is 2. The van der Waals surface area contributed by atoms with Crippen molar-refractivity contribution < 1.29 is 19.4 Å². The molecule has 0 aliphatic carbocycles. The standard InChI is InChI=1S/C12H17N3O4S/c1-6(2)5-9-14-15-12(20-9)13-10(16)7-3-4-8(19-7)11(17)18/h6-8H,3-5H2,1-2H3,(H,17,18)(H,13,15,16)/t7-,8+/m0/s1. The third-order valence-corrected chi connectivity index (χ3v) is 3.73. The lowest BCUT2D eigenvalue weighted by atomic mass is 10.1. The molecule has 0 spiro atoms. The molecule has 110 valence electrons. The molecule has 2 heterocycles. The van der Waals surface area contributed by atoms with Crippen LogP contribution in [0.5, 0.6) is 0 Å². The zero-order valence-corrected chi connectivity index (χ0v) is 12.1. The maximum absolute atomic E-state index is 11.9. The van der Waals surface area contributed by atoms with Crippen molar-refractivity contribution >= 4 is 28.3 Å². The zero-order chi connectivity index (χ0) is 14.7. The van der Waals surface area contributed by atoms with Gasteiger partial charge in [-0.05, 0) is 18.8 Å². The summed E-state index contributed by atoms with van der Waals surface area (Å²) in [5, 5.41) is 20.6. The van der Waals surface area contributed by atoms with Crippen LogP contribution in [0.1, 0.15) is 31.7 Å². The number of hydrogen-bond acceptors (Lipinski definition) is 6. The smallest absolute Gasteiger partial charge is 0.332 e. The van der Waals surface area contributed by atoms with Crippen molar-refractivity contribution in [3.05, 3.63) is 5.01 Å². The average Bonchev–Trinajstić information content (AvgIpc) is 2.97. The van der Waals surface area contributed by atoms with Gasteiger partial charge in [0.1, 0.15) is 11.1 Å². The molecule has 0 aromatic carbocycles. The maximum atomic E-state index is 11.9. The van der Waals surface area contributed by atoms with Crippen molar-refractivity contribution in [2.75, 3.05) is 5.32 Å². The Morgan fingerprint density at radius 1 is 1.40 bits per heavy atom. The molecule has 1 fully saturated rings. The average molecular weight is 299 g/mol. The Labute approximate surface area is 120 Å². The van der Waals surface area contributed by atoms with E-state index in [1.807, 2.05) is 0 Å². The van der Waals surface area contributed by atoms with E-state index in [-0.39, 0.29) is 5.91 Å². The SMILES string of the molecule is CC(C)Cc1nnc(NC(=O)[C@@H]2CC[C@H](C(=O)O)O2)s1. The summed E-state index contributed by atoms with van der Waals surface area (Å²) in [5.74, 6) is -0.919. The van der Waals surface area contributed by atoms with Crippen LogP contribution in [0.3, 0.4) is 0 Å². The van der Waals surface area contributed by atoms with E-state index in [1.54, 1.807) is 0 Å². The van der Waals surface area contributed by atoms with E-state index in [1.165, 1.54) is 11.3 Å². The number of nitrogens with one attached hydrogen (secondary N) is 1. The molecule has 2 N–H and O–H groups in total. The van der Waals surface area contributed by atoms with E-state index in [0.29, 0.717) is 23.9 Å². The van der Waals surface area contributed by atoms with Gasteiger partial charge in [0.15, 0.2) is 6.10 Å². The summed E-state index contributed by atoms with van der Waals surface area (Å²) in [5.41, 5.74) is 0. The molecule has 7 nitrogen and oxygen atoms in total. The lowest BCUT2D eigenvalue weighted by Gasteiger charge is -2.09. The van der Waals surface area contributed by atoms with Crippen molar-refractivity contribution in [2.24, 2.45) is 5.92 Å². The summed E-state index contributed by atoms with van der Waals surface area (Å²) in [7, 11) is 0. The molecule has 1 amide bonds. The normalized spacial score (nSPS) is 22.1. The topological polar surface area (TPSA) is 101 Å². The molecule has 1 aromatic rings. The molecule has 0 bridgehead atoms.